The Labute approximate surface area is 192 Å². The van der Waals surface area contributed by atoms with Gasteiger partial charge in [0.15, 0.2) is 0 Å². The number of amides is 1. The zero-order chi connectivity index (χ0) is 22.4. The highest BCUT2D eigenvalue weighted by Crippen LogP contribution is 2.37. The van der Waals surface area contributed by atoms with Crippen LogP contribution in [0.5, 0.6) is 0 Å². The summed E-state index contributed by atoms with van der Waals surface area (Å²) in [5, 5.41) is 11.0. The van der Waals surface area contributed by atoms with E-state index in [1.807, 2.05) is 29.2 Å². The number of likely N-dealkylation sites (tertiary alicyclic amines) is 1. The van der Waals surface area contributed by atoms with Crippen LogP contribution in [0.1, 0.15) is 29.0 Å². The molecule has 0 radical (unpaired) electrons. The molecule has 33 heavy (non-hydrogen) atoms. The minimum Gasteiger partial charge on any atom is -0.461 e. The van der Waals surface area contributed by atoms with Crippen LogP contribution >= 0.6 is 0 Å². The van der Waals surface area contributed by atoms with Crippen molar-refractivity contribution >= 4 is 16.9 Å². The van der Waals surface area contributed by atoms with Crippen molar-refractivity contribution in [2.75, 3.05) is 39.4 Å². The highest BCUT2D eigenvalue weighted by Gasteiger charge is 2.43. The molecule has 1 aliphatic carbocycles. The molecule has 2 bridgehead atoms. The first-order chi connectivity index (χ1) is 16.1. The molecular formula is C26H29N3O4. The number of aliphatic hydroxyl groups excluding tert-OH is 1. The number of piperidine rings is 1. The van der Waals surface area contributed by atoms with Crippen LogP contribution in [0.4, 0.5) is 0 Å². The van der Waals surface area contributed by atoms with E-state index < -0.39 is 0 Å². The molecule has 2 saturated heterocycles. The van der Waals surface area contributed by atoms with Crippen molar-refractivity contribution in [2.45, 2.75) is 31.4 Å². The Morgan fingerprint density at radius 2 is 2.00 bits per heavy atom. The number of nitrogens with zero attached hydrogens (tertiary/aromatic N) is 3. The van der Waals surface area contributed by atoms with E-state index in [1.165, 1.54) is 0 Å². The molecule has 4 heterocycles. The van der Waals surface area contributed by atoms with E-state index in [4.69, 9.17) is 9.15 Å². The predicted octanol–water partition coefficient (Wildman–Crippen LogP) is 2.96. The molecule has 7 nitrogen and oxygen atoms in total. The van der Waals surface area contributed by atoms with E-state index >= 15 is 0 Å². The Morgan fingerprint density at radius 3 is 2.73 bits per heavy atom. The maximum atomic E-state index is 12.6. The summed E-state index contributed by atoms with van der Waals surface area (Å²) in [5.41, 5.74) is 3.33. The first kappa shape index (κ1) is 20.8. The normalized spacial score (nSPS) is 25.2. The number of ether oxygens (including phenoxy) is 1. The summed E-state index contributed by atoms with van der Waals surface area (Å²) in [7, 11) is 0. The van der Waals surface area contributed by atoms with Crippen molar-refractivity contribution in [1.29, 1.82) is 0 Å². The summed E-state index contributed by atoms with van der Waals surface area (Å²) in [6, 6.07) is 12.5. The molecule has 1 saturated carbocycles. The Kier molecular flexibility index (Phi) is 5.40. The average molecular weight is 448 g/mol. The number of fused-ring (bicyclic) bond motifs is 3. The molecule has 2 aliphatic heterocycles. The van der Waals surface area contributed by atoms with Gasteiger partial charge in [-0.1, -0.05) is 0 Å². The molecule has 2 aromatic heterocycles. The fraction of sp³-hybridized carbons (Fsp3) is 0.462. The Morgan fingerprint density at radius 1 is 1.12 bits per heavy atom. The zero-order valence-corrected chi connectivity index (χ0v) is 18.7. The molecule has 3 fully saturated rings. The van der Waals surface area contributed by atoms with Crippen LogP contribution in [-0.4, -0.2) is 77.3 Å². The van der Waals surface area contributed by atoms with E-state index in [0.717, 1.165) is 60.3 Å². The third-order valence-electron chi connectivity index (χ3n) is 7.44. The van der Waals surface area contributed by atoms with Crippen LogP contribution in [-0.2, 0) is 11.2 Å². The SMILES string of the molecule is O=C(c1ccc(-c2ccc3oc(CCN4CC5CC4CC5O)cc3c2)nc1)N1CCOCC1. The quantitative estimate of drug-likeness (QED) is 0.648. The van der Waals surface area contributed by atoms with E-state index in [0.29, 0.717) is 43.8 Å². The second-order valence-corrected chi connectivity index (χ2v) is 9.50. The lowest BCUT2D eigenvalue weighted by atomic mass is 10.1. The fourth-order valence-electron chi connectivity index (χ4n) is 5.57. The standard InChI is InChI=1S/C26H29N3O4/c30-24-14-21-12-20(24)16-29(21)6-5-22-13-19-11-17(2-4-25(19)33-22)23-3-1-18(15-27-23)26(31)28-7-9-32-10-8-28/h1-4,11,13,15,20-21,24,30H,5-10,12,14,16H2. The number of furan rings is 1. The Balaban J connectivity index is 1.13. The number of rotatable bonds is 5. The lowest BCUT2D eigenvalue weighted by Gasteiger charge is -2.28. The van der Waals surface area contributed by atoms with E-state index in [2.05, 4.69) is 22.0 Å². The van der Waals surface area contributed by atoms with Gasteiger partial charge in [-0.3, -0.25) is 14.7 Å². The molecule has 3 unspecified atom stereocenters. The van der Waals surface area contributed by atoms with Crippen molar-refractivity contribution in [3.63, 3.8) is 0 Å². The number of carbonyl (C=O) groups is 1. The summed E-state index contributed by atoms with van der Waals surface area (Å²) >= 11 is 0. The number of carbonyl (C=O) groups excluding carboxylic acids is 1. The highest BCUT2D eigenvalue weighted by molar-refractivity contribution is 5.94. The average Bonchev–Trinajstić information content (AvgIpc) is 3.55. The van der Waals surface area contributed by atoms with Gasteiger partial charge in [0.05, 0.1) is 30.6 Å². The van der Waals surface area contributed by atoms with Gasteiger partial charge >= 0.3 is 0 Å². The predicted molar refractivity (Wildman–Crippen MR) is 124 cm³/mol. The second kappa shape index (κ2) is 8.56. The van der Waals surface area contributed by atoms with E-state index in [-0.39, 0.29) is 12.0 Å². The minimum absolute atomic E-state index is 0.00742. The highest BCUT2D eigenvalue weighted by atomic mass is 16.5. The van der Waals surface area contributed by atoms with Crippen molar-refractivity contribution in [3.8, 4) is 11.3 Å². The number of benzene rings is 1. The fourth-order valence-corrected chi connectivity index (χ4v) is 5.57. The number of aromatic nitrogens is 1. The van der Waals surface area contributed by atoms with Gasteiger partial charge in [-0.15, -0.1) is 0 Å². The second-order valence-electron chi connectivity index (χ2n) is 9.50. The summed E-state index contributed by atoms with van der Waals surface area (Å²) in [6.45, 7) is 4.41. The van der Waals surface area contributed by atoms with Crippen LogP contribution in [0.15, 0.2) is 47.0 Å². The van der Waals surface area contributed by atoms with Gasteiger partial charge in [-0.05, 0) is 55.2 Å². The lowest BCUT2D eigenvalue weighted by molar-refractivity contribution is 0.0302. The molecule has 0 spiro atoms. The molecule has 3 aromatic rings. The minimum atomic E-state index is -0.101. The van der Waals surface area contributed by atoms with Gasteiger partial charge in [0, 0.05) is 55.8 Å². The van der Waals surface area contributed by atoms with Crippen LogP contribution in [0, 0.1) is 5.92 Å². The molecule has 1 amide bonds. The van der Waals surface area contributed by atoms with E-state index in [9.17, 15) is 9.90 Å². The van der Waals surface area contributed by atoms with Crippen LogP contribution in [0.3, 0.4) is 0 Å². The van der Waals surface area contributed by atoms with Gasteiger partial charge in [0.25, 0.3) is 5.91 Å². The van der Waals surface area contributed by atoms with Crippen molar-refractivity contribution < 1.29 is 19.1 Å². The van der Waals surface area contributed by atoms with Gasteiger partial charge < -0.3 is 19.2 Å². The van der Waals surface area contributed by atoms with Crippen LogP contribution in [0.25, 0.3) is 22.2 Å². The van der Waals surface area contributed by atoms with Crippen molar-refractivity contribution in [1.82, 2.24) is 14.8 Å². The molecule has 172 valence electrons. The van der Waals surface area contributed by atoms with Crippen LogP contribution < -0.4 is 0 Å². The number of morpholine rings is 1. The summed E-state index contributed by atoms with van der Waals surface area (Å²) in [6.07, 6.45) is 4.49. The number of hydrogen-bond donors (Lipinski definition) is 1. The van der Waals surface area contributed by atoms with Crippen molar-refractivity contribution in [3.05, 3.63) is 53.9 Å². The molecule has 1 N–H and O–H groups in total. The lowest BCUT2D eigenvalue weighted by Crippen LogP contribution is -2.40. The van der Waals surface area contributed by atoms with E-state index in [1.54, 1.807) is 6.20 Å². The Hall–Kier alpha value is -2.74. The van der Waals surface area contributed by atoms with Crippen molar-refractivity contribution in [2.24, 2.45) is 5.92 Å². The summed E-state index contributed by atoms with van der Waals surface area (Å²) < 4.78 is 11.4. The number of aliphatic hydroxyl groups is 1. The molecule has 3 aliphatic rings. The smallest absolute Gasteiger partial charge is 0.255 e. The van der Waals surface area contributed by atoms with Crippen LogP contribution in [0.2, 0.25) is 0 Å². The number of hydrogen-bond acceptors (Lipinski definition) is 6. The first-order valence-corrected chi connectivity index (χ1v) is 11.9. The Bertz CT molecular complexity index is 1150. The maximum absolute atomic E-state index is 12.6. The van der Waals surface area contributed by atoms with Gasteiger partial charge in [0.1, 0.15) is 11.3 Å². The molecule has 1 aromatic carbocycles. The molecular weight excluding hydrogens is 418 g/mol. The maximum Gasteiger partial charge on any atom is 0.255 e. The monoisotopic (exact) mass is 447 g/mol. The summed E-state index contributed by atoms with van der Waals surface area (Å²) in [5.74, 6) is 1.45. The summed E-state index contributed by atoms with van der Waals surface area (Å²) in [4.78, 5) is 21.5. The van der Waals surface area contributed by atoms with Gasteiger partial charge in [-0.2, -0.15) is 0 Å². The first-order valence-electron chi connectivity index (χ1n) is 11.9. The third kappa shape index (κ3) is 4.05. The molecule has 7 heteroatoms. The topological polar surface area (TPSA) is 79.0 Å². The van der Waals surface area contributed by atoms with Gasteiger partial charge in [-0.25, -0.2) is 0 Å². The largest absolute Gasteiger partial charge is 0.461 e. The van der Waals surface area contributed by atoms with Gasteiger partial charge in [0.2, 0.25) is 0 Å². The third-order valence-corrected chi connectivity index (χ3v) is 7.44. The number of pyridine rings is 1. The zero-order valence-electron chi connectivity index (χ0n) is 18.7. The molecule has 3 atom stereocenters. The molecule has 6 rings (SSSR count).